The molecule has 0 radical (unpaired) electrons. The molecule has 0 N–H and O–H groups in total. The van der Waals surface area contributed by atoms with Crippen LogP contribution in [-0.2, 0) is 9.59 Å². The molecule has 7 heteroatoms. The fourth-order valence-corrected chi connectivity index (χ4v) is 2.88. The lowest BCUT2D eigenvalue weighted by molar-refractivity contribution is -0.136. The Bertz CT molecular complexity index is 563. The minimum atomic E-state index is -0.188. The summed E-state index contributed by atoms with van der Waals surface area (Å²) in [7, 11) is 0. The van der Waals surface area contributed by atoms with Crippen LogP contribution in [0.2, 0.25) is 0 Å². The quantitative estimate of drug-likeness (QED) is 0.556. The van der Waals surface area contributed by atoms with Gasteiger partial charge in [0.2, 0.25) is 5.95 Å². The average molecular weight is 315 g/mol. The van der Waals surface area contributed by atoms with Crippen LogP contribution in [0, 0.1) is 0 Å². The number of carbonyl (C=O) groups is 2. The number of anilines is 1. The third-order valence-corrected chi connectivity index (χ3v) is 4.21. The molecular weight excluding hydrogens is 294 g/mol. The number of piperazine rings is 1. The summed E-state index contributed by atoms with van der Waals surface area (Å²) in [6, 6.07) is 1.82. The molecule has 0 bridgehead atoms. The van der Waals surface area contributed by atoms with Crippen LogP contribution in [0.4, 0.5) is 5.95 Å². The first-order valence-electron chi connectivity index (χ1n) is 8.02. The molecule has 3 heterocycles. The van der Waals surface area contributed by atoms with Gasteiger partial charge < -0.3 is 4.90 Å². The van der Waals surface area contributed by atoms with Crippen molar-refractivity contribution in [2.24, 2.45) is 0 Å². The Hall–Kier alpha value is -2.28. The molecule has 2 aliphatic heterocycles. The molecule has 2 amide bonds. The van der Waals surface area contributed by atoms with Gasteiger partial charge in [-0.3, -0.25) is 19.4 Å². The topological polar surface area (TPSA) is 69.6 Å². The summed E-state index contributed by atoms with van der Waals surface area (Å²) in [4.78, 5) is 37.4. The van der Waals surface area contributed by atoms with E-state index in [1.807, 2.05) is 6.07 Å². The van der Waals surface area contributed by atoms with E-state index < -0.39 is 0 Å². The Morgan fingerprint density at radius 2 is 1.48 bits per heavy atom. The van der Waals surface area contributed by atoms with Crippen molar-refractivity contribution in [3.8, 4) is 0 Å². The van der Waals surface area contributed by atoms with Gasteiger partial charge >= 0.3 is 0 Å². The molecule has 0 aromatic carbocycles. The zero-order valence-electron chi connectivity index (χ0n) is 13.1. The molecule has 1 saturated heterocycles. The van der Waals surface area contributed by atoms with E-state index in [0.29, 0.717) is 6.54 Å². The number of unbranched alkanes of at least 4 members (excludes halogenated alkanes) is 1. The van der Waals surface area contributed by atoms with E-state index in [1.54, 1.807) is 12.4 Å². The number of hydrogen-bond acceptors (Lipinski definition) is 6. The van der Waals surface area contributed by atoms with E-state index in [4.69, 9.17) is 0 Å². The van der Waals surface area contributed by atoms with Gasteiger partial charge in [-0.1, -0.05) is 0 Å². The van der Waals surface area contributed by atoms with Crippen LogP contribution >= 0.6 is 0 Å². The van der Waals surface area contributed by atoms with Gasteiger partial charge in [0.1, 0.15) is 0 Å². The van der Waals surface area contributed by atoms with Gasteiger partial charge in [0.05, 0.1) is 0 Å². The van der Waals surface area contributed by atoms with E-state index in [9.17, 15) is 9.59 Å². The number of rotatable bonds is 6. The van der Waals surface area contributed by atoms with Crippen LogP contribution in [0.5, 0.6) is 0 Å². The smallest absolute Gasteiger partial charge is 0.253 e. The van der Waals surface area contributed by atoms with Crippen molar-refractivity contribution >= 4 is 17.8 Å². The summed E-state index contributed by atoms with van der Waals surface area (Å²) in [5.74, 6) is 0.420. The van der Waals surface area contributed by atoms with Gasteiger partial charge in [-0.2, -0.15) is 0 Å². The maximum absolute atomic E-state index is 11.4. The molecule has 0 atom stereocenters. The van der Waals surface area contributed by atoms with E-state index in [-0.39, 0.29) is 11.8 Å². The molecule has 3 rings (SSSR count). The monoisotopic (exact) mass is 315 g/mol. The highest BCUT2D eigenvalue weighted by atomic mass is 16.2. The predicted molar refractivity (Wildman–Crippen MR) is 85.8 cm³/mol. The molecule has 1 aromatic heterocycles. The minimum absolute atomic E-state index is 0.188. The van der Waals surface area contributed by atoms with Gasteiger partial charge in [0, 0.05) is 57.3 Å². The highest BCUT2D eigenvalue weighted by Gasteiger charge is 2.23. The highest BCUT2D eigenvalue weighted by molar-refractivity contribution is 6.12. The molecule has 23 heavy (non-hydrogen) atoms. The third kappa shape index (κ3) is 3.92. The summed E-state index contributed by atoms with van der Waals surface area (Å²) in [5, 5.41) is 0. The van der Waals surface area contributed by atoms with Gasteiger partial charge in [-0.05, 0) is 25.5 Å². The number of imide groups is 1. The molecule has 0 unspecified atom stereocenters. The first-order valence-corrected chi connectivity index (χ1v) is 8.02. The Kier molecular flexibility index (Phi) is 4.97. The standard InChI is InChI=1S/C16H21N5O2/c22-14-4-5-15(23)21(14)9-2-1-8-19-10-12-20(13-11-19)16-17-6-3-7-18-16/h3-7H,1-2,8-13H2. The fraction of sp³-hybridized carbons (Fsp3) is 0.500. The van der Waals surface area contributed by atoms with E-state index in [1.165, 1.54) is 17.1 Å². The van der Waals surface area contributed by atoms with Crippen LogP contribution in [-0.4, -0.2) is 70.9 Å². The van der Waals surface area contributed by atoms with Crippen molar-refractivity contribution in [1.82, 2.24) is 19.8 Å². The zero-order valence-corrected chi connectivity index (χ0v) is 13.1. The molecule has 2 aliphatic rings. The van der Waals surface area contributed by atoms with E-state index >= 15 is 0 Å². The summed E-state index contributed by atoms with van der Waals surface area (Å²) >= 11 is 0. The number of carbonyl (C=O) groups excluding carboxylic acids is 2. The number of aromatic nitrogens is 2. The molecule has 122 valence electrons. The van der Waals surface area contributed by atoms with Crippen LogP contribution in [0.25, 0.3) is 0 Å². The Labute approximate surface area is 135 Å². The summed E-state index contributed by atoms with van der Waals surface area (Å²) < 4.78 is 0. The molecule has 1 aromatic rings. The van der Waals surface area contributed by atoms with Crippen molar-refractivity contribution in [2.75, 3.05) is 44.2 Å². The summed E-state index contributed by atoms with van der Waals surface area (Å²) in [6.07, 6.45) is 8.05. The van der Waals surface area contributed by atoms with Crippen LogP contribution in [0.1, 0.15) is 12.8 Å². The van der Waals surface area contributed by atoms with E-state index in [2.05, 4.69) is 19.8 Å². The maximum atomic E-state index is 11.4. The molecular formula is C16H21N5O2. The second kappa shape index (κ2) is 7.32. The lowest BCUT2D eigenvalue weighted by Gasteiger charge is -2.34. The first kappa shape index (κ1) is 15.6. The van der Waals surface area contributed by atoms with Gasteiger partial charge in [0.15, 0.2) is 0 Å². The van der Waals surface area contributed by atoms with Crippen molar-refractivity contribution in [2.45, 2.75) is 12.8 Å². The lowest BCUT2D eigenvalue weighted by Crippen LogP contribution is -2.47. The number of nitrogens with zero attached hydrogens (tertiary/aromatic N) is 5. The maximum Gasteiger partial charge on any atom is 0.253 e. The van der Waals surface area contributed by atoms with E-state index in [0.717, 1.165) is 51.5 Å². The van der Waals surface area contributed by atoms with Gasteiger partial charge in [0.25, 0.3) is 11.8 Å². The molecule has 7 nitrogen and oxygen atoms in total. The SMILES string of the molecule is O=C1C=CC(=O)N1CCCCN1CCN(c2ncccn2)CC1. The lowest BCUT2D eigenvalue weighted by atomic mass is 10.2. The normalized spacial score (nSPS) is 19.0. The van der Waals surface area contributed by atoms with Crippen LogP contribution in [0.3, 0.4) is 0 Å². The average Bonchev–Trinajstić information content (AvgIpc) is 2.92. The Balaban J connectivity index is 1.34. The Morgan fingerprint density at radius 1 is 0.870 bits per heavy atom. The Morgan fingerprint density at radius 3 is 2.13 bits per heavy atom. The highest BCUT2D eigenvalue weighted by Crippen LogP contribution is 2.11. The van der Waals surface area contributed by atoms with Crippen molar-refractivity contribution in [1.29, 1.82) is 0 Å². The first-order chi connectivity index (χ1) is 11.2. The second-order valence-electron chi connectivity index (χ2n) is 5.75. The largest absolute Gasteiger partial charge is 0.338 e. The van der Waals surface area contributed by atoms with Gasteiger partial charge in [-0.15, -0.1) is 0 Å². The molecule has 0 saturated carbocycles. The number of amides is 2. The molecule has 0 spiro atoms. The molecule has 1 fully saturated rings. The van der Waals surface area contributed by atoms with Gasteiger partial charge in [-0.25, -0.2) is 9.97 Å². The molecule has 0 aliphatic carbocycles. The summed E-state index contributed by atoms with van der Waals surface area (Å²) in [5.41, 5.74) is 0. The fourth-order valence-electron chi connectivity index (χ4n) is 2.88. The number of hydrogen-bond donors (Lipinski definition) is 0. The predicted octanol–water partition coefficient (Wildman–Crippen LogP) is 0.304. The third-order valence-electron chi connectivity index (χ3n) is 4.21. The van der Waals surface area contributed by atoms with Crippen molar-refractivity contribution in [3.05, 3.63) is 30.6 Å². The zero-order chi connectivity index (χ0) is 16.1. The minimum Gasteiger partial charge on any atom is -0.338 e. The van der Waals surface area contributed by atoms with Crippen LogP contribution < -0.4 is 4.90 Å². The van der Waals surface area contributed by atoms with Crippen molar-refractivity contribution in [3.63, 3.8) is 0 Å². The van der Waals surface area contributed by atoms with Crippen LogP contribution in [0.15, 0.2) is 30.6 Å². The van der Waals surface area contributed by atoms with Crippen molar-refractivity contribution < 1.29 is 9.59 Å². The summed E-state index contributed by atoms with van der Waals surface area (Å²) in [6.45, 7) is 5.34. The second-order valence-corrected chi connectivity index (χ2v) is 5.75.